The molecule has 3 heteroatoms. The quantitative estimate of drug-likeness (QED) is 0.832. The van der Waals surface area contributed by atoms with E-state index in [9.17, 15) is 0 Å². The highest BCUT2D eigenvalue weighted by atomic mass is 15.3. The zero-order chi connectivity index (χ0) is 13.4. The first-order valence-corrected chi connectivity index (χ1v) is 7.59. The van der Waals surface area contributed by atoms with Gasteiger partial charge in [-0.3, -0.25) is 14.8 Å². The van der Waals surface area contributed by atoms with E-state index in [1.807, 2.05) is 12.3 Å². The summed E-state index contributed by atoms with van der Waals surface area (Å²) in [5.74, 6) is 0. The van der Waals surface area contributed by atoms with Gasteiger partial charge in [-0.1, -0.05) is 6.07 Å². The molecule has 2 bridgehead atoms. The van der Waals surface area contributed by atoms with Crippen molar-refractivity contribution in [1.29, 1.82) is 0 Å². The predicted molar refractivity (Wildman–Crippen MR) is 78.0 cm³/mol. The fourth-order valence-electron chi connectivity index (χ4n) is 3.79. The van der Waals surface area contributed by atoms with Gasteiger partial charge in [0.25, 0.3) is 0 Å². The molecule has 0 radical (unpaired) electrons. The monoisotopic (exact) mass is 259 g/mol. The van der Waals surface area contributed by atoms with Gasteiger partial charge in [-0.25, -0.2) is 0 Å². The normalized spacial score (nSPS) is 29.9. The number of fused-ring (bicyclic) bond motifs is 3. The Morgan fingerprint density at radius 1 is 1.05 bits per heavy atom. The minimum Gasteiger partial charge on any atom is -0.295 e. The van der Waals surface area contributed by atoms with Gasteiger partial charge in [0.15, 0.2) is 0 Å². The molecule has 1 aromatic heterocycles. The van der Waals surface area contributed by atoms with Crippen LogP contribution >= 0.6 is 0 Å². The van der Waals surface area contributed by atoms with Gasteiger partial charge >= 0.3 is 0 Å². The number of hydrogen-bond donors (Lipinski definition) is 0. The van der Waals surface area contributed by atoms with Crippen LogP contribution in [0, 0.1) is 0 Å². The molecular weight excluding hydrogens is 234 g/mol. The highest BCUT2D eigenvalue weighted by Gasteiger charge is 2.41. The Bertz CT molecular complexity index is 417. The third-order valence-electron chi connectivity index (χ3n) is 4.89. The van der Waals surface area contributed by atoms with Crippen molar-refractivity contribution in [1.82, 2.24) is 14.8 Å². The molecule has 104 valence electrons. The van der Waals surface area contributed by atoms with Gasteiger partial charge in [-0.2, -0.15) is 0 Å². The van der Waals surface area contributed by atoms with E-state index < -0.39 is 0 Å². The van der Waals surface area contributed by atoms with E-state index in [2.05, 4.69) is 47.7 Å². The van der Waals surface area contributed by atoms with Crippen LogP contribution in [0.1, 0.15) is 45.3 Å². The lowest BCUT2D eigenvalue weighted by atomic mass is 9.88. The molecule has 2 unspecified atom stereocenters. The lowest BCUT2D eigenvalue weighted by Gasteiger charge is -2.54. The molecule has 3 nitrogen and oxygen atoms in total. The Morgan fingerprint density at radius 3 is 2.26 bits per heavy atom. The SMILES string of the molecule is CC(C)N1CC2CCC1CN2[C@H](C)c1ccccn1. The van der Waals surface area contributed by atoms with E-state index in [-0.39, 0.29) is 0 Å². The number of rotatable bonds is 3. The van der Waals surface area contributed by atoms with Crippen molar-refractivity contribution in [3.8, 4) is 0 Å². The first-order valence-electron chi connectivity index (χ1n) is 7.59. The van der Waals surface area contributed by atoms with Crippen LogP contribution in [0.2, 0.25) is 0 Å². The maximum absolute atomic E-state index is 4.54. The van der Waals surface area contributed by atoms with Crippen LogP contribution in [-0.2, 0) is 0 Å². The minimum atomic E-state index is 0.448. The van der Waals surface area contributed by atoms with Gasteiger partial charge in [-0.15, -0.1) is 0 Å². The molecule has 0 aromatic carbocycles. The van der Waals surface area contributed by atoms with Crippen LogP contribution < -0.4 is 0 Å². The lowest BCUT2D eigenvalue weighted by Crippen LogP contribution is -2.64. The van der Waals surface area contributed by atoms with Crippen molar-refractivity contribution < 1.29 is 0 Å². The molecule has 3 aliphatic heterocycles. The van der Waals surface area contributed by atoms with Crippen molar-refractivity contribution in [2.75, 3.05) is 13.1 Å². The fraction of sp³-hybridized carbons (Fsp3) is 0.688. The van der Waals surface area contributed by atoms with Gasteiger partial charge < -0.3 is 0 Å². The van der Waals surface area contributed by atoms with E-state index >= 15 is 0 Å². The average molecular weight is 259 g/mol. The van der Waals surface area contributed by atoms with Crippen LogP contribution in [0.15, 0.2) is 24.4 Å². The molecule has 19 heavy (non-hydrogen) atoms. The summed E-state index contributed by atoms with van der Waals surface area (Å²) in [6, 6.07) is 8.84. The van der Waals surface area contributed by atoms with Crippen LogP contribution in [0.4, 0.5) is 0 Å². The number of nitrogens with zero attached hydrogens (tertiary/aromatic N) is 3. The molecule has 0 saturated carbocycles. The largest absolute Gasteiger partial charge is 0.295 e. The molecule has 0 aliphatic carbocycles. The number of hydrogen-bond acceptors (Lipinski definition) is 3. The van der Waals surface area contributed by atoms with Crippen LogP contribution in [0.3, 0.4) is 0 Å². The highest BCUT2D eigenvalue weighted by Crippen LogP contribution is 2.35. The molecule has 3 atom stereocenters. The molecule has 0 spiro atoms. The summed E-state index contributed by atoms with van der Waals surface area (Å²) >= 11 is 0. The predicted octanol–water partition coefficient (Wildman–Crippen LogP) is 2.70. The summed E-state index contributed by atoms with van der Waals surface area (Å²) in [6.45, 7) is 9.41. The second-order valence-electron chi connectivity index (χ2n) is 6.30. The smallest absolute Gasteiger partial charge is 0.0572 e. The molecule has 0 amide bonds. The Hall–Kier alpha value is -0.930. The second-order valence-corrected chi connectivity index (χ2v) is 6.30. The topological polar surface area (TPSA) is 19.4 Å². The van der Waals surface area contributed by atoms with Gasteiger partial charge in [-0.05, 0) is 45.7 Å². The van der Waals surface area contributed by atoms with Crippen molar-refractivity contribution in [3.63, 3.8) is 0 Å². The number of piperazine rings is 1. The number of piperidine rings is 2. The van der Waals surface area contributed by atoms with Crippen molar-refractivity contribution in [2.24, 2.45) is 0 Å². The van der Waals surface area contributed by atoms with Gasteiger partial charge in [0.1, 0.15) is 0 Å². The average Bonchev–Trinajstić information content (AvgIpc) is 2.47. The molecule has 4 heterocycles. The van der Waals surface area contributed by atoms with E-state index in [4.69, 9.17) is 0 Å². The van der Waals surface area contributed by atoms with E-state index in [1.54, 1.807) is 0 Å². The van der Waals surface area contributed by atoms with Crippen molar-refractivity contribution in [2.45, 2.75) is 57.8 Å². The molecule has 1 aromatic rings. The van der Waals surface area contributed by atoms with Crippen molar-refractivity contribution >= 4 is 0 Å². The minimum absolute atomic E-state index is 0.448. The molecular formula is C16H25N3. The van der Waals surface area contributed by atoms with Crippen LogP contribution in [-0.4, -0.2) is 46.0 Å². The summed E-state index contributed by atoms with van der Waals surface area (Å²) in [4.78, 5) is 9.90. The summed E-state index contributed by atoms with van der Waals surface area (Å²) in [6.07, 6.45) is 4.63. The Balaban J connectivity index is 1.75. The number of aromatic nitrogens is 1. The van der Waals surface area contributed by atoms with E-state index in [1.165, 1.54) is 31.6 Å². The Kier molecular flexibility index (Phi) is 3.59. The zero-order valence-corrected chi connectivity index (χ0v) is 12.3. The standard InChI is InChI=1S/C16H25N3/c1-12(2)18-10-15-8-7-14(18)11-19(15)13(3)16-6-4-5-9-17-16/h4-6,9,12-15H,7-8,10-11H2,1-3H3/t13-,14?,15?/m1/s1. The highest BCUT2D eigenvalue weighted by molar-refractivity contribution is 5.10. The van der Waals surface area contributed by atoms with Crippen LogP contribution in [0.5, 0.6) is 0 Å². The molecule has 0 N–H and O–H groups in total. The third-order valence-corrected chi connectivity index (χ3v) is 4.89. The third kappa shape index (κ3) is 2.41. The van der Waals surface area contributed by atoms with Gasteiger partial charge in [0.05, 0.1) is 5.69 Å². The van der Waals surface area contributed by atoms with Gasteiger partial charge in [0.2, 0.25) is 0 Å². The maximum atomic E-state index is 4.54. The van der Waals surface area contributed by atoms with E-state index in [0.717, 1.165) is 6.04 Å². The van der Waals surface area contributed by atoms with Crippen molar-refractivity contribution in [3.05, 3.63) is 30.1 Å². The first kappa shape index (κ1) is 13.1. The van der Waals surface area contributed by atoms with E-state index in [0.29, 0.717) is 18.1 Å². The first-order chi connectivity index (χ1) is 9.16. The molecule has 3 saturated heterocycles. The molecule has 3 aliphatic rings. The second kappa shape index (κ2) is 5.22. The summed E-state index contributed by atoms with van der Waals surface area (Å²) in [5, 5.41) is 0. The molecule has 3 fully saturated rings. The fourth-order valence-corrected chi connectivity index (χ4v) is 3.79. The van der Waals surface area contributed by atoms with Crippen LogP contribution in [0.25, 0.3) is 0 Å². The zero-order valence-electron chi connectivity index (χ0n) is 12.3. The maximum Gasteiger partial charge on any atom is 0.0572 e. The lowest BCUT2D eigenvalue weighted by molar-refractivity contribution is -0.0541. The number of pyridine rings is 1. The molecule has 4 rings (SSSR count). The Labute approximate surface area is 116 Å². The Morgan fingerprint density at radius 2 is 1.74 bits per heavy atom. The summed E-state index contributed by atoms with van der Waals surface area (Å²) in [5.41, 5.74) is 1.21. The summed E-state index contributed by atoms with van der Waals surface area (Å²) < 4.78 is 0. The summed E-state index contributed by atoms with van der Waals surface area (Å²) in [7, 11) is 0. The van der Waals surface area contributed by atoms with Gasteiger partial charge in [0, 0.05) is 43.5 Å².